The van der Waals surface area contributed by atoms with Crippen molar-refractivity contribution in [1.82, 2.24) is 15.5 Å². The molecule has 2 atom stereocenters. The predicted octanol–water partition coefficient (Wildman–Crippen LogP) is 1.13. The highest BCUT2D eigenvalue weighted by Gasteiger charge is 2.34. The highest BCUT2D eigenvalue weighted by molar-refractivity contribution is 7.10. The van der Waals surface area contributed by atoms with E-state index in [4.69, 9.17) is 5.41 Å². The Bertz CT molecular complexity index is 557. The molecule has 0 saturated carbocycles. The molecule has 0 radical (unpaired) electrons. The zero-order valence-electron chi connectivity index (χ0n) is 12.9. The smallest absolute Gasteiger partial charge is 0.243 e. The molecule has 1 saturated heterocycles. The van der Waals surface area contributed by atoms with Crippen molar-refractivity contribution in [2.24, 2.45) is 0 Å². The normalized spacial score (nSPS) is 19.0. The Labute approximate surface area is 134 Å². The van der Waals surface area contributed by atoms with Gasteiger partial charge in [0, 0.05) is 23.2 Å². The van der Waals surface area contributed by atoms with Gasteiger partial charge < -0.3 is 20.9 Å². The van der Waals surface area contributed by atoms with Gasteiger partial charge in [0.25, 0.3) is 0 Å². The fourth-order valence-corrected chi connectivity index (χ4v) is 3.52. The summed E-state index contributed by atoms with van der Waals surface area (Å²) in [4.78, 5) is 27.2. The van der Waals surface area contributed by atoms with Crippen LogP contribution >= 0.6 is 11.3 Å². The first-order valence-corrected chi connectivity index (χ1v) is 8.28. The maximum atomic E-state index is 12.5. The van der Waals surface area contributed by atoms with Crippen LogP contribution in [0.5, 0.6) is 0 Å². The van der Waals surface area contributed by atoms with E-state index in [0.29, 0.717) is 13.0 Å². The SMILES string of the molecule is CNCC(=O)N1CCCC1C(=O)N[C@H](C)c1cc(C=N)cs1. The van der Waals surface area contributed by atoms with Crippen LogP contribution in [0.25, 0.3) is 0 Å². The molecule has 1 fully saturated rings. The molecule has 22 heavy (non-hydrogen) atoms. The largest absolute Gasteiger partial charge is 0.347 e. The minimum Gasteiger partial charge on any atom is -0.347 e. The Morgan fingerprint density at radius 2 is 2.36 bits per heavy atom. The van der Waals surface area contributed by atoms with Crippen LogP contribution in [0.1, 0.15) is 36.2 Å². The van der Waals surface area contributed by atoms with E-state index in [-0.39, 0.29) is 30.4 Å². The number of nitrogens with zero attached hydrogens (tertiary/aromatic N) is 1. The Morgan fingerprint density at radius 1 is 1.59 bits per heavy atom. The maximum Gasteiger partial charge on any atom is 0.243 e. The lowest BCUT2D eigenvalue weighted by molar-refractivity contribution is -0.138. The molecule has 2 heterocycles. The second kappa shape index (κ2) is 7.51. The number of amides is 2. The third kappa shape index (κ3) is 3.72. The monoisotopic (exact) mass is 322 g/mol. The fraction of sp³-hybridized carbons (Fsp3) is 0.533. The van der Waals surface area contributed by atoms with Crippen molar-refractivity contribution >= 4 is 29.4 Å². The van der Waals surface area contributed by atoms with E-state index in [1.54, 1.807) is 11.9 Å². The maximum absolute atomic E-state index is 12.5. The van der Waals surface area contributed by atoms with E-state index in [1.807, 2.05) is 18.4 Å². The summed E-state index contributed by atoms with van der Waals surface area (Å²) in [7, 11) is 1.73. The number of likely N-dealkylation sites (tertiary alicyclic amines) is 1. The molecular weight excluding hydrogens is 300 g/mol. The van der Waals surface area contributed by atoms with Crippen molar-refractivity contribution < 1.29 is 9.59 Å². The van der Waals surface area contributed by atoms with Gasteiger partial charge in [-0.05, 0) is 38.3 Å². The molecule has 1 aliphatic heterocycles. The molecule has 120 valence electrons. The lowest BCUT2D eigenvalue weighted by atomic mass is 10.1. The van der Waals surface area contributed by atoms with Gasteiger partial charge in [-0.3, -0.25) is 9.59 Å². The van der Waals surface area contributed by atoms with E-state index in [1.165, 1.54) is 17.6 Å². The molecule has 1 aliphatic rings. The standard InChI is InChI=1S/C15H22N4O2S/c1-10(13-6-11(7-16)9-22-13)18-15(21)12-4-3-5-19(12)14(20)8-17-2/h6-7,9-10,12,16-17H,3-5,8H2,1-2H3,(H,18,21)/t10-,12?/m1/s1. The molecule has 1 unspecified atom stereocenters. The number of likely N-dealkylation sites (N-methyl/N-ethyl adjacent to an activating group) is 1. The summed E-state index contributed by atoms with van der Waals surface area (Å²) >= 11 is 1.53. The van der Waals surface area contributed by atoms with Crippen molar-refractivity contribution in [1.29, 1.82) is 5.41 Å². The number of hydrogen-bond acceptors (Lipinski definition) is 5. The van der Waals surface area contributed by atoms with Crippen molar-refractivity contribution in [3.63, 3.8) is 0 Å². The van der Waals surface area contributed by atoms with E-state index in [2.05, 4.69) is 10.6 Å². The molecule has 2 amide bonds. The van der Waals surface area contributed by atoms with Gasteiger partial charge in [0.2, 0.25) is 11.8 Å². The first-order valence-electron chi connectivity index (χ1n) is 7.40. The zero-order valence-corrected chi connectivity index (χ0v) is 13.7. The number of carbonyl (C=O) groups is 2. The van der Waals surface area contributed by atoms with Crippen LogP contribution < -0.4 is 10.6 Å². The van der Waals surface area contributed by atoms with E-state index >= 15 is 0 Å². The van der Waals surface area contributed by atoms with Crippen LogP contribution in [-0.4, -0.2) is 49.1 Å². The Kier molecular flexibility index (Phi) is 5.68. The summed E-state index contributed by atoms with van der Waals surface area (Å²) in [5, 5.41) is 14.9. The highest BCUT2D eigenvalue weighted by atomic mass is 32.1. The summed E-state index contributed by atoms with van der Waals surface area (Å²) in [6, 6.07) is 1.42. The predicted molar refractivity (Wildman–Crippen MR) is 87.4 cm³/mol. The van der Waals surface area contributed by atoms with Crippen molar-refractivity contribution in [2.75, 3.05) is 20.1 Å². The number of carbonyl (C=O) groups excluding carboxylic acids is 2. The van der Waals surface area contributed by atoms with Crippen molar-refractivity contribution in [2.45, 2.75) is 31.8 Å². The average molecular weight is 322 g/mol. The van der Waals surface area contributed by atoms with Crippen LogP contribution in [0.2, 0.25) is 0 Å². The third-order valence-corrected chi connectivity index (χ3v) is 4.93. The van der Waals surface area contributed by atoms with Gasteiger partial charge in [0.05, 0.1) is 12.6 Å². The van der Waals surface area contributed by atoms with Crippen LogP contribution in [-0.2, 0) is 9.59 Å². The van der Waals surface area contributed by atoms with Gasteiger partial charge in [-0.25, -0.2) is 0 Å². The number of rotatable bonds is 6. The number of nitrogens with one attached hydrogen (secondary N) is 3. The van der Waals surface area contributed by atoms with Gasteiger partial charge >= 0.3 is 0 Å². The van der Waals surface area contributed by atoms with Gasteiger partial charge in [-0.1, -0.05) is 0 Å². The number of thiophene rings is 1. The summed E-state index contributed by atoms with van der Waals surface area (Å²) in [5.41, 5.74) is 0.841. The lowest BCUT2D eigenvalue weighted by Gasteiger charge is -2.25. The van der Waals surface area contributed by atoms with Gasteiger partial charge in [0.15, 0.2) is 0 Å². The highest BCUT2D eigenvalue weighted by Crippen LogP contribution is 2.23. The van der Waals surface area contributed by atoms with Crippen LogP contribution in [0.15, 0.2) is 11.4 Å². The first kappa shape index (κ1) is 16.6. The Hall–Kier alpha value is -1.73. The fourth-order valence-electron chi connectivity index (χ4n) is 2.64. The summed E-state index contributed by atoms with van der Waals surface area (Å²) in [5.74, 6) is -0.130. The van der Waals surface area contributed by atoms with E-state index in [9.17, 15) is 9.59 Å². The minimum absolute atomic E-state index is 0.0324. The van der Waals surface area contributed by atoms with Gasteiger partial charge in [0.1, 0.15) is 6.04 Å². The van der Waals surface area contributed by atoms with Crippen LogP contribution in [0.3, 0.4) is 0 Å². The Balaban J connectivity index is 1.98. The zero-order chi connectivity index (χ0) is 16.1. The quantitative estimate of drug-likeness (QED) is 0.687. The van der Waals surface area contributed by atoms with E-state index in [0.717, 1.165) is 16.9 Å². The third-order valence-electron chi connectivity index (χ3n) is 3.80. The molecule has 0 aromatic carbocycles. The molecule has 0 spiro atoms. The molecule has 0 aliphatic carbocycles. The molecule has 2 rings (SSSR count). The first-order chi connectivity index (χ1) is 10.6. The Morgan fingerprint density at radius 3 is 3.00 bits per heavy atom. The molecule has 1 aromatic rings. The number of hydrogen-bond donors (Lipinski definition) is 3. The van der Waals surface area contributed by atoms with Crippen molar-refractivity contribution in [3.05, 3.63) is 21.9 Å². The van der Waals surface area contributed by atoms with E-state index < -0.39 is 0 Å². The molecule has 7 heteroatoms. The molecule has 0 bridgehead atoms. The summed E-state index contributed by atoms with van der Waals surface area (Å²) in [6.07, 6.45) is 2.87. The second-order valence-corrected chi connectivity index (χ2v) is 6.38. The molecular formula is C15H22N4O2S. The van der Waals surface area contributed by atoms with Crippen molar-refractivity contribution in [3.8, 4) is 0 Å². The second-order valence-electron chi connectivity index (χ2n) is 5.43. The van der Waals surface area contributed by atoms with Crippen LogP contribution in [0.4, 0.5) is 0 Å². The summed E-state index contributed by atoms with van der Waals surface area (Å²) < 4.78 is 0. The van der Waals surface area contributed by atoms with Gasteiger partial charge in [-0.2, -0.15) is 0 Å². The topological polar surface area (TPSA) is 85.3 Å². The lowest BCUT2D eigenvalue weighted by Crippen LogP contribution is -2.48. The minimum atomic E-state index is -0.370. The van der Waals surface area contributed by atoms with Gasteiger partial charge in [-0.15, -0.1) is 11.3 Å². The molecule has 6 nitrogen and oxygen atoms in total. The summed E-state index contributed by atoms with van der Waals surface area (Å²) in [6.45, 7) is 2.82. The van der Waals surface area contributed by atoms with Crippen LogP contribution in [0, 0.1) is 5.41 Å². The molecule has 3 N–H and O–H groups in total. The molecule has 1 aromatic heterocycles. The average Bonchev–Trinajstić information content (AvgIpc) is 3.16.